The summed E-state index contributed by atoms with van der Waals surface area (Å²) in [6, 6.07) is 0. The van der Waals surface area contributed by atoms with Crippen LogP contribution in [0.3, 0.4) is 0 Å². The number of ether oxygens (including phenoxy) is 1. The van der Waals surface area contributed by atoms with Gasteiger partial charge in [-0.15, -0.1) is 0 Å². The second-order valence-corrected chi connectivity index (χ2v) is 5.00. The molecule has 1 aliphatic heterocycles. The molecule has 0 aliphatic carbocycles. The Balaban J connectivity index is 2.88. The van der Waals surface area contributed by atoms with Crippen LogP contribution in [0.2, 0.25) is 0 Å². The average molecular weight is 244 g/mol. The van der Waals surface area contributed by atoms with E-state index in [0.29, 0.717) is 0 Å². The molecule has 0 aromatic carbocycles. The van der Waals surface area contributed by atoms with Crippen LogP contribution in [0.4, 0.5) is 0 Å². The maximum absolute atomic E-state index is 10.8. The van der Waals surface area contributed by atoms with Crippen LogP contribution in [0.1, 0.15) is 0 Å². The van der Waals surface area contributed by atoms with Gasteiger partial charge in [0.25, 0.3) is 0 Å². The summed E-state index contributed by atoms with van der Waals surface area (Å²) in [4.78, 5) is 17.6. The van der Waals surface area contributed by atoms with Crippen LogP contribution in [0.15, 0.2) is 0 Å². The zero-order valence-corrected chi connectivity index (χ0v) is 8.44. The van der Waals surface area contributed by atoms with E-state index in [0.717, 1.165) is 0 Å². The van der Waals surface area contributed by atoms with E-state index in [2.05, 4.69) is 4.74 Å². The van der Waals surface area contributed by atoms with E-state index < -0.39 is 44.5 Å². The van der Waals surface area contributed by atoms with Crippen molar-refractivity contribution in [2.75, 3.05) is 6.61 Å². The van der Waals surface area contributed by atoms with Crippen molar-refractivity contribution < 1.29 is 39.5 Å². The Kier molecular flexibility index (Phi) is 3.85. The first-order valence-corrected chi connectivity index (χ1v) is 5.83. The fraction of sp³-hybridized carbons (Fsp3) is 1.00. The minimum Gasteiger partial charge on any atom is -0.394 e. The zero-order chi connectivity index (χ0) is 11.8. The maximum Gasteiger partial charge on any atom is 0.356 e. The van der Waals surface area contributed by atoms with Gasteiger partial charge in [0.05, 0.1) is 6.61 Å². The lowest BCUT2D eigenvalue weighted by molar-refractivity contribution is -0.211. The van der Waals surface area contributed by atoms with E-state index in [4.69, 9.17) is 14.9 Å². The second kappa shape index (κ2) is 4.44. The minimum atomic E-state index is -4.77. The average Bonchev–Trinajstić information content (AvgIpc) is 2.13. The fourth-order valence-electron chi connectivity index (χ4n) is 1.36. The molecule has 9 heteroatoms. The van der Waals surface area contributed by atoms with E-state index in [1.165, 1.54) is 0 Å². The highest BCUT2D eigenvalue weighted by Gasteiger charge is 2.50. The lowest BCUT2D eigenvalue weighted by Gasteiger charge is -2.39. The van der Waals surface area contributed by atoms with Gasteiger partial charge in [-0.2, -0.15) is 0 Å². The summed E-state index contributed by atoms with van der Waals surface area (Å²) in [5.41, 5.74) is 0. The Morgan fingerprint density at radius 3 is 2.00 bits per heavy atom. The first kappa shape index (κ1) is 13.0. The highest BCUT2D eigenvalue weighted by molar-refractivity contribution is 7.52. The largest absolute Gasteiger partial charge is 0.394 e. The highest BCUT2D eigenvalue weighted by Crippen LogP contribution is 2.46. The summed E-state index contributed by atoms with van der Waals surface area (Å²) in [7, 11) is -4.77. The Morgan fingerprint density at radius 2 is 1.60 bits per heavy atom. The molecule has 8 nitrogen and oxygen atoms in total. The van der Waals surface area contributed by atoms with Gasteiger partial charge >= 0.3 is 7.60 Å². The molecule has 0 radical (unpaired) electrons. The van der Waals surface area contributed by atoms with Gasteiger partial charge in [0.2, 0.25) is 0 Å². The third kappa shape index (κ3) is 2.55. The Hall–Kier alpha value is -0.0500. The molecular weight excluding hydrogens is 231 g/mol. The van der Waals surface area contributed by atoms with Gasteiger partial charge in [0.15, 0.2) is 5.85 Å². The number of hydrogen-bond acceptors (Lipinski definition) is 6. The van der Waals surface area contributed by atoms with Crippen molar-refractivity contribution in [3.05, 3.63) is 0 Å². The summed E-state index contributed by atoms with van der Waals surface area (Å²) in [6.07, 6.45) is -6.59. The molecule has 0 aromatic heterocycles. The van der Waals surface area contributed by atoms with Crippen LogP contribution in [0.5, 0.6) is 0 Å². The molecule has 1 aliphatic rings. The van der Waals surface area contributed by atoms with Crippen LogP contribution >= 0.6 is 7.60 Å². The van der Waals surface area contributed by atoms with Gasteiger partial charge in [0.1, 0.15) is 24.4 Å². The molecule has 1 fully saturated rings. The van der Waals surface area contributed by atoms with Crippen molar-refractivity contribution >= 4 is 7.60 Å². The van der Waals surface area contributed by atoms with Gasteiger partial charge in [-0.25, -0.2) is 0 Å². The van der Waals surface area contributed by atoms with Crippen LogP contribution < -0.4 is 0 Å². The summed E-state index contributed by atoms with van der Waals surface area (Å²) >= 11 is 0. The second-order valence-electron chi connectivity index (χ2n) is 3.31. The van der Waals surface area contributed by atoms with E-state index in [9.17, 15) is 19.9 Å². The summed E-state index contributed by atoms with van der Waals surface area (Å²) in [5, 5.41) is 36.5. The molecule has 90 valence electrons. The smallest absolute Gasteiger partial charge is 0.356 e. The lowest BCUT2D eigenvalue weighted by Crippen LogP contribution is -2.58. The highest BCUT2D eigenvalue weighted by atomic mass is 31.2. The van der Waals surface area contributed by atoms with Crippen molar-refractivity contribution in [1.29, 1.82) is 0 Å². The Morgan fingerprint density at radius 1 is 1.07 bits per heavy atom. The van der Waals surface area contributed by atoms with Crippen molar-refractivity contribution in [3.8, 4) is 0 Å². The minimum absolute atomic E-state index is 0.721. The van der Waals surface area contributed by atoms with Crippen LogP contribution in [-0.4, -0.2) is 67.1 Å². The third-order valence-corrected chi connectivity index (χ3v) is 3.29. The van der Waals surface area contributed by atoms with Crippen LogP contribution in [0.25, 0.3) is 0 Å². The van der Waals surface area contributed by atoms with Gasteiger partial charge in [0, 0.05) is 0 Å². The molecule has 1 heterocycles. The van der Waals surface area contributed by atoms with Gasteiger partial charge < -0.3 is 34.9 Å². The monoisotopic (exact) mass is 244 g/mol. The molecular formula is C6H13O8P. The van der Waals surface area contributed by atoms with E-state index in [1.807, 2.05) is 0 Å². The zero-order valence-electron chi connectivity index (χ0n) is 7.54. The van der Waals surface area contributed by atoms with Crippen molar-refractivity contribution in [3.63, 3.8) is 0 Å². The first-order valence-electron chi connectivity index (χ1n) is 4.14. The topological polar surface area (TPSA) is 148 Å². The number of rotatable bonds is 2. The predicted octanol–water partition coefficient (Wildman–Crippen LogP) is -3.04. The molecule has 0 amide bonds. The van der Waals surface area contributed by atoms with Gasteiger partial charge in [-0.1, -0.05) is 0 Å². The SMILES string of the molecule is O=P(O)(O)[C@@H]1O[C@H](CO)[C@H](O)[C@H](O)[C@H]1O. The molecule has 6 N–H and O–H groups in total. The number of aliphatic hydroxyl groups excluding tert-OH is 4. The summed E-state index contributed by atoms with van der Waals surface area (Å²) in [6.45, 7) is -0.721. The standard InChI is InChI=1S/C6H13O8P/c7-1-2-3(8)4(9)5(10)6(14-2)15(11,12)13/h2-10H,1H2,(H2,11,12,13)/t2-,3+,4+,5-,6+/m1/s1. The molecule has 0 aromatic rings. The van der Waals surface area contributed by atoms with Crippen LogP contribution in [-0.2, 0) is 9.30 Å². The van der Waals surface area contributed by atoms with Crippen molar-refractivity contribution in [1.82, 2.24) is 0 Å². The Bertz CT molecular complexity index is 262. The summed E-state index contributed by atoms with van der Waals surface area (Å²) in [5.74, 6) is -1.94. The first-order chi connectivity index (χ1) is 6.79. The van der Waals surface area contributed by atoms with Crippen LogP contribution in [0, 0.1) is 0 Å². The quantitative estimate of drug-likeness (QED) is 0.281. The maximum atomic E-state index is 10.8. The lowest BCUT2D eigenvalue weighted by atomic mass is 10.0. The molecule has 1 saturated heterocycles. The fourth-order valence-corrected chi connectivity index (χ4v) is 2.25. The van der Waals surface area contributed by atoms with Crippen molar-refractivity contribution in [2.24, 2.45) is 0 Å². The molecule has 15 heavy (non-hydrogen) atoms. The van der Waals surface area contributed by atoms with Crippen molar-refractivity contribution in [2.45, 2.75) is 30.3 Å². The molecule has 0 saturated carbocycles. The molecule has 1 rings (SSSR count). The summed E-state index contributed by atoms with van der Waals surface area (Å²) < 4.78 is 15.5. The van der Waals surface area contributed by atoms with E-state index in [1.54, 1.807) is 0 Å². The molecule has 0 bridgehead atoms. The normalized spacial score (nSPS) is 42.9. The predicted molar refractivity (Wildman–Crippen MR) is 45.8 cm³/mol. The molecule has 0 spiro atoms. The molecule has 0 unspecified atom stereocenters. The Labute approximate surface area is 84.9 Å². The number of aliphatic hydroxyl groups is 4. The van der Waals surface area contributed by atoms with Gasteiger partial charge in [-0.3, -0.25) is 4.57 Å². The third-order valence-electron chi connectivity index (χ3n) is 2.20. The molecule has 5 atom stereocenters. The van der Waals surface area contributed by atoms with E-state index in [-0.39, 0.29) is 0 Å². The van der Waals surface area contributed by atoms with Gasteiger partial charge in [-0.05, 0) is 0 Å². The van der Waals surface area contributed by atoms with E-state index >= 15 is 0 Å². The number of hydrogen-bond donors (Lipinski definition) is 6.